The van der Waals surface area contributed by atoms with Crippen molar-refractivity contribution in [2.24, 2.45) is 0 Å². The van der Waals surface area contributed by atoms with Crippen LogP contribution in [0.2, 0.25) is 0 Å². The minimum Gasteiger partial charge on any atom is -0.545 e. The van der Waals surface area contributed by atoms with Crippen LogP contribution in [0.15, 0.2) is 146 Å². The molecule has 364 valence electrons. The first-order chi connectivity index (χ1) is 31.4. The molecule has 70 heavy (non-hydrogen) atoms. The van der Waals surface area contributed by atoms with Crippen LogP contribution in [-0.4, -0.2) is 113 Å². The average molecular weight is 1070 g/mol. The second-order valence-electron chi connectivity index (χ2n) is 12.8. The van der Waals surface area contributed by atoms with E-state index in [0.717, 1.165) is 26.2 Å². The molecule has 0 atom stereocenters. The Morgan fingerprint density at radius 1 is 0.386 bits per heavy atom. The summed E-state index contributed by atoms with van der Waals surface area (Å²) in [6.45, 7) is 10.8. The van der Waals surface area contributed by atoms with E-state index < -0.39 is 23.9 Å². The summed E-state index contributed by atoms with van der Waals surface area (Å²) in [7, 11) is 0. The van der Waals surface area contributed by atoms with Crippen LogP contribution in [0.25, 0.3) is 0 Å². The molecule has 0 fully saturated rings. The van der Waals surface area contributed by atoms with Gasteiger partial charge in [-0.15, -0.1) is 0 Å². The van der Waals surface area contributed by atoms with Crippen LogP contribution in [0.1, 0.15) is 89.8 Å². The summed E-state index contributed by atoms with van der Waals surface area (Å²) in [6.07, 6.45) is 6.53. The number of hydrogen-bond donors (Lipinski definition) is 4. The summed E-state index contributed by atoms with van der Waals surface area (Å²) in [5.74, 6) is -4.65. The van der Waals surface area contributed by atoms with Crippen LogP contribution in [0.5, 0.6) is 23.0 Å². The molecule has 0 aliphatic rings. The number of aromatic hydroxyl groups is 4. The number of carboxylic acids is 4. The Balaban J connectivity index is -0.000000371. The van der Waals surface area contributed by atoms with Crippen LogP contribution in [-0.2, 0) is 39.0 Å². The fraction of sp³-hybridized carbons (Fsp3) is 0.167. The molecule has 22 heteroatoms. The van der Waals surface area contributed by atoms with Gasteiger partial charge in [0.2, 0.25) is 0 Å². The molecule has 0 aliphatic carbocycles. The largest absolute Gasteiger partial charge is 2.00 e. The van der Waals surface area contributed by atoms with Gasteiger partial charge in [0.05, 0.1) is 35.0 Å². The molecule has 2 amide bonds. The molecule has 2 aromatic heterocycles. The number of amides is 2. The van der Waals surface area contributed by atoms with E-state index in [-0.39, 0.29) is 107 Å². The first-order valence-electron chi connectivity index (χ1n) is 19.8. The van der Waals surface area contributed by atoms with Crippen molar-refractivity contribution in [1.82, 2.24) is 19.8 Å². The van der Waals surface area contributed by atoms with E-state index in [1.807, 2.05) is 27.7 Å². The van der Waals surface area contributed by atoms with Gasteiger partial charge in [0.1, 0.15) is 23.0 Å². The summed E-state index contributed by atoms with van der Waals surface area (Å²) in [4.78, 5) is 75.2. The molecular weight excluding hydrogens is 1020 g/mol. The summed E-state index contributed by atoms with van der Waals surface area (Å²) in [6, 6.07) is 27.8. The van der Waals surface area contributed by atoms with Crippen molar-refractivity contribution >= 4 is 35.7 Å². The number of phenolic OH excluding ortho intramolecular Hbond substituents is 4. The van der Waals surface area contributed by atoms with Crippen molar-refractivity contribution < 1.29 is 120 Å². The Hall–Kier alpha value is -7.63. The zero-order valence-corrected chi connectivity index (χ0v) is 44.7. The number of carbonyl (C=O) groups excluding carboxylic acids is 6. The first kappa shape index (κ1) is 68.9. The van der Waals surface area contributed by atoms with Crippen LogP contribution in [0.4, 0.5) is 0 Å². The molecule has 4 aromatic carbocycles. The third kappa shape index (κ3) is 27.2. The van der Waals surface area contributed by atoms with Gasteiger partial charge in [0.25, 0.3) is 11.8 Å². The van der Waals surface area contributed by atoms with Crippen LogP contribution < -0.4 is 20.4 Å². The number of aromatic nitrogens is 2. The Kier molecular flexibility index (Phi) is 37.8. The van der Waals surface area contributed by atoms with Crippen LogP contribution in [0, 0.1) is 0 Å². The SMILES string of the molecule is CCN(CC)C(=O)c1cccnc1.CCN(CC)C(=O)c1cccnc1.O.O.O=C([O-])c1ccc(O)cc1.O=C([O-])c1ccc(O)cc1.O=C([O-])c1ccc(O)cc1.O=C([O-])c1ccc(O)cc1.[Zn+2].[Zn+2]. The van der Waals surface area contributed by atoms with E-state index in [9.17, 15) is 49.2 Å². The number of benzene rings is 4. The predicted molar refractivity (Wildman–Crippen MR) is 240 cm³/mol. The number of aromatic carboxylic acids is 4. The predicted octanol–water partition coefficient (Wildman–Crippen LogP) is 0.496. The Morgan fingerprint density at radius 2 is 0.586 bits per heavy atom. The van der Waals surface area contributed by atoms with Crippen molar-refractivity contribution in [3.05, 3.63) is 179 Å². The van der Waals surface area contributed by atoms with Gasteiger partial charge in [0.15, 0.2) is 0 Å². The van der Waals surface area contributed by atoms with Gasteiger partial charge < -0.3 is 80.8 Å². The standard InChI is InChI=1S/2C10H14N2O.4C7H6O3.2H2O.2Zn/c2*1-3-12(4-2)10(13)9-6-5-7-11-8-9;4*8-6-3-1-5(2-4-6)7(9)10;;;;/h2*5-8H,3-4H2,1-2H3;4*1-4,8H,(H,9,10);2*1H2;;/q;;;;;;;;2*+2/p-4. The van der Waals surface area contributed by atoms with Gasteiger partial charge in [-0.1, -0.05) is 0 Å². The van der Waals surface area contributed by atoms with Crippen LogP contribution >= 0.6 is 0 Å². The van der Waals surface area contributed by atoms with Crippen molar-refractivity contribution in [2.45, 2.75) is 27.7 Å². The second-order valence-corrected chi connectivity index (χ2v) is 12.8. The Morgan fingerprint density at radius 3 is 0.729 bits per heavy atom. The minimum absolute atomic E-state index is 0. The van der Waals surface area contributed by atoms with Gasteiger partial charge in [-0.3, -0.25) is 19.6 Å². The van der Waals surface area contributed by atoms with Crippen molar-refractivity contribution in [3.63, 3.8) is 0 Å². The maximum Gasteiger partial charge on any atom is 2.00 e. The monoisotopic (exact) mass is 1070 g/mol. The number of pyridine rings is 2. The molecule has 6 aromatic rings. The molecule has 0 saturated carbocycles. The molecule has 8 N–H and O–H groups in total. The van der Waals surface area contributed by atoms with Gasteiger partial charge >= 0.3 is 39.0 Å². The summed E-state index contributed by atoms with van der Waals surface area (Å²) >= 11 is 0. The van der Waals surface area contributed by atoms with Gasteiger partial charge in [-0.25, -0.2) is 0 Å². The zero-order valence-electron chi connectivity index (χ0n) is 38.8. The molecule has 0 spiro atoms. The third-order valence-electron chi connectivity index (χ3n) is 8.33. The van der Waals surface area contributed by atoms with E-state index in [1.54, 1.807) is 58.9 Å². The van der Waals surface area contributed by atoms with Crippen molar-refractivity contribution in [3.8, 4) is 23.0 Å². The molecule has 6 rings (SSSR count). The molecular formula is C48H52N4O16Zn2. The number of rotatable bonds is 10. The smallest absolute Gasteiger partial charge is 0.545 e. The fourth-order valence-corrected chi connectivity index (χ4v) is 4.76. The maximum atomic E-state index is 11.7. The van der Waals surface area contributed by atoms with Crippen molar-refractivity contribution in [1.29, 1.82) is 0 Å². The topological polar surface area (TPSA) is 371 Å². The van der Waals surface area contributed by atoms with Gasteiger partial charge in [-0.2, -0.15) is 0 Å². The van der Waals surface area contributed by atoms with Gasteiger partial charge in [-0.05, 0) is 171 Å². The number of hydrogen-bond acceptors (Lipinski definition) is 16. The van der Waals surface area contributed by atoms with E-state index in [0.29, 0.717) is 11.1 Å². The molecule has 20 nitrogen and oxygen atoms in total. The molecule has 0 bridgehead atoms. The Bertz CT molecular complexity index is 2110. The molecule has 2 heterocycles. The molecule has 0 radical (unpaired) electrons. The summed E-state index contributed by atoms with van der Waals surface area (Å²) < 4.78 is 0. The quantitative estimate of drug-likeness (QED) is 0.136. The fourth-order valence-electron chi connectivity index (χ4n) is 4.76. The number of carbonyl (C=O) groups is 6. The number of nitrogens with zero attached hydrogens (tertiary/aromatic N) is 4. The Labute approximate surface area is 429 Å². The van der Waals surface area contributed by atoms with Crippen LogP contribution in [0.3, 0.4) is 0 Å². The molecule has 0 aliphatic heterocycles. The van der Waals surface area contributed by atoms with Crippen molar-refractivity contribution in [2.75, 3.05) is 26.2 Å². The van der Waals surface area contributed by atoms with E-state index in [2.05, 4.69) is 9.97 Å². The molecule has 0 saturated heterocycles. The minimum atomic E-state index is -1.24. The molecule has 0 unspecified atom stereocenters. The van der Waals surface area contributed by atoms with E-state index >= 15 is 0 Å². The number of phenols is 4. The van der Waals surface area contributed by atoms with Gasteiger partial charge in [0, 0.05) is 51.0 Å². The van der Waals surface area contributed by atoms with E-state index in [1.165, 1.54) is 97.1 Å². The normalized spacial score (nSPS) is 8.86. The average Bonchev–Trinajstić information content (AvgIpc) is 3.32. The number of carboxylic acid groups (broad SMARTS) is 4. The summed E-state index contributed by atoms with van der Waals surface area (Å²) in [5.41, 5.74) is 1.59. The third-order valence-corrected chi connectivity index (χ3v) is 8.33. The summed E-state index contributed by atoms with van der Waals surface area (Å²) in [5, 5.41) is 75.4. The maximum absolute atomic E-state index is 11.7. The first-order valence-corrected chi connectivity index (χ1v) is 19.8. The van der Waals surface area contributed by atoms with E-state index in [4.69, 9.17) is 20.4 Å². The second kappa shape index (κ2) is 38.3. The zero-order chi connectivity index (χ0) is 49.6.